The van der Waals surface area contributed by atoms with Crippen LogP contribution < -0.4 is 5.01 Å². The maximum atomic E-state index is 14.0. The van der Waals surface area contributed by atoms with Crippen LogP contribution >= 0.6 is 11.3 Å². The first-order valence-corrected chi connectivity index (χ1v) is 9.77. The molecule has 0 saturated heterocycles. The molecular formula is C19H20F3N3OS. The van der Waals surface area contributed by atoms with Gasteiger partial charge >= 0.3 is 6.18 Å². The molecule has 8 heteroatoms. The number of nitrogens with zero attached hydrogens (tertiary/aromatic N) is 3. The minimum absolute atomic E-state index is 0.0555. The second-order valence-electron chi connectivity index (χ2n) is 7.44. The van der Waals surface area contributed by atoms with Crippen molar-refractivity contribution in [1.82, 2.24) is 4.98 Å². The van der Waals surface area contributed by atoms with Crippen molar-refractivity contribution in [3.63, 3.8) is 0 Å². The van der Waals surface area contributed by atoms with E-state index in [0.717, 1.165) is 28.9 Å². The van der Waals surface area contributed by atoms with Crippen LogP contribution in [0.2, 0.25) is 0 Å². The van der Waals surface area contributed by atoms with Gasteiger partial charge < -0.3 is 5.11 Å². The summed E-state index contributed by atoms with van der Waals surface area (Å²) in [5.74, 6) is -0.935. The summed E-state index contributed by atoms with van der Waals surface area (Å²) < 4.78 is 41.9. The van der Waals surface area contributed by atoms with Crippen LogP contribution in [0.25, 0.3) is 11.3 Å². The Morgan fingerprint density at radius 2 is 1.96 bits per heavy atom. The number of halogens is 3. The van der Waals surface area contributed by atoms with E-state index in [1.54, 1.807) is 5.38 Å². The Morgan fingerprint density at radius 1 is 1.26 bits per heavy atom. The summed E-state index contributed by atoms with van der Waals surface area (Å²) in [6.07, 6.45) is -3.32. The fourth-order valence-electron chi connectivity index (χ4n) is 3.82. The van der Waals surface area contributed by atoms with E-state index in [1.807, 2.05) is 38.1 Å². The molecule has 27 heavy (non-hydrogen) atoms. The van der Waals surface area contributed by atoms with E-state index in [2.05, 4.69) is 10.1 Å². The molecule has 1 N–H and O–H groups in total. The predicted octanol–water partition coefficient (Wildman–Crippen LogP) is 4.98. The Labute approximate surface area is 159 Å². The Hall–Kier alpha value is -1.93. The van der Waals surface area contributed by atoms with Crippen molar-refractivity contribution < 1.29 is 18.3 Å². The number of anilines is 1. The average Bonchev–Trinajstić information content (AvgIpc) is 3.19. The third-order valence-electron chi connectivity index (χ3n) is 5.41. The lowest BCUT2D eigenvalue weighted by atomic mass is 9.76. The first-order chi connectivity index (χ1) is 12.7. The van der Waals surface area contributed by atoms with E-state index < -0.39 is 17.8 Å². The van der Waals surface area contributed by atoms with E-state index in [1.165, 1.54) is 0 Å². The normalized spacial score (nSPS) is 28.2. The maximum Gasteiger partial charge on any atom is 0.439 e. The SMILES string of the molecule is Cc1ccc(-c2csc(N3N=C4CC[C@@H](C)C[C@@H]4[C@@]3(O)C(F)(F)F)n2)cc1. The number of hydrazone groups is 1. The third kappa shape index (κ3) is 2.95. The van der Waals surface area contributed by atoms with Gasteiger partial charge in [-0.25, -0.2) is 4.98 Å². The summed E-state index contributed by atoms with van der Waals surface area (Å²) in [5, 5.41) is 17.5. The van der Waals surface area contributed by atoms with Gasteiger partial charge in [0.25, 0.3) is 5.72 Å². The first-order valence-electron chi connectivity index (χ1n) is 8.89. The van der Waals surface area contributed by atoms with Crippen molar-refractivity contribution >= 4 is 22.2 Å². The standard InChI is InChI=1S/C19H20F3N3OS/c1-11-3-6-13(7-4-11)16-10-27-17(23-16)25-18(26,19(20,21)22)14-9-12(2)5-8-15(14)24-25/h3-4,6-7,10,12,14,26H,5,8-9H2,1-2H3/t12-,14+,18-/m1/s1. The van der Waals surface area contributed by atoms with E-state index in [4.69, 9.17) is 0 Å². The number of alkyl halides is 3. The van der Waals surface area contributed by atoms with Gasteiger partial charge in [-0.3, -0.25) is 0 Å². The van der Waals surface area contributed by atoms with Crippen molar-refractivity contribution in [2.45, 2.75) is 45.0 Å². The van der Waals surface area contributed by atoms with E-state index in [-0.39, 0.29) is 17.5 Å². The molecule has 1 fully saturated rings. The highest BCUT2D eigenvalue weighted by Crippen LogP contribution is 2.51. The molecule has 4 nitrogen and oxygen atoms in total. The second-order valence-corrected chi connectivity index (χ2v) is 8.28. The second kappa shape index (κ2) is 6.31. The van der Waals surface area contributed by atoms with Gasteiger partial charge in [-0.2, -0.15) is 23.3 Å². The Kier molecular flexibility index (Phi) is 4.31. The van der Waals surface area contributed by atoms with Crippen molar-refractivity contribution in [2.24, 2.45) is 16.9 Å². The molecule has 0 spiro atoms. The number of benzene rings is 1. The molecule has 0 amide bonds. The summed E-state index contributed by atoms with van der Waals surface area (Å²) in [6, 6.07) is 7.60. The lowest BCUT2D eigenvalue weighted by Gasteiger charge is -2.39. The molecule has 1 aliphatic heterocycles. The first kappa shape index (κ1) is 18.4. The smallest absolute Gasteiger partial charge is 0.362 e. The average molecular weight is 395 g/mol. The van der Waals surface area contributed by atoms with Gasteiger partial charge in [0.1, 0.15) is 0 Å². The number of hydrogen-bond donors (Lipinski definition) is 1. The topological polar surface area (TPSA) is 48.7 Å². The van der Waals surface area contributed by atoms with Gasteiger partial charge in [0.05, 0.1) is 11.6 Å². The summed E-state index contributed by atoms with van der Waals surface area (Å²) in [5.41, 5.74) is -0.149. The van der Waals surface area contributed by atoms with Crippen molar-refractivity contribution in [2.75, 3.05) is 5.01 Å². The lowest BCUT2D eigenvalue weighted by molar-refractivity contribution is -0.269. The zero-order chi connectivity index (χ0) is 19.4. The largest absolute Gasteiger partial charge is 0.439 e. The Morgan fingerprint density at radius 3 is 2.63 bits per heavy atom. The lowest BCUT2D eigenvalue weighted by Crippen LogP contribution is -2.60. The zero-order valence-electron chi connectivity index (χ0n) is 15.0. The van der Waals surface area contributed by atoms with Crippen LogP contribution in [0.3, 0.4) is 0 Å². The quantitative estimate of drug-likeness (QED) is 0.780. The molecule has 3 atom stereocenters. The number of aryl methyl sites for hydroxylation is 1. The van der Waals surface area contributed by atoms with Crippen LogP contribution in [0.5, 0.6) is 0 Å². The molecule has 144 valence electrons. The number of fused-ring (bicyclic) bond motifs is 1. The van der Waals surface area contributed by atoms with Crippen LogP contribution in [-0.4, -0.2) is 27.7 Å². The van der Waals surface area contributed by atoms with Crippen LogP contribution in [0.4, 0.5) is 18.3 Å². The highest BCUT2D eigenvalue weighted by molar-refractivity contribution is 7.14. The number of hydrogen-bond acceptors (Lipinski definition) is 5. The van der Waals surface area contributed by atoms with E-state index in [9.17, 15) is 18.3 Å². The minimum atomic E-state index is -4.84. The molecule has 1 aliphatic carbocycles. The Balaban J connectivity index is 1.74. The van der Waals surface area contributed by atoms with Crippen LogP contribution in [0.1, 0.15) is 31.7 Å². The number of thiazole rings is 1. The van der Waals surface area contributed by atoms with Gasteiger partial charge in [0.15, 0.2) is 0 Å². The minimum Gasteiger partial charge on any atom is -0.362 e. The fraction of sp³-hybridized carbons (Fsp3) is 0.474. The van der Waals surface area contributed by atoms with Gasteiger partial charge in [0.2, 0.25) is 5.13 Å². The van der Waals surface area contributed by atoms with Gasteiger partial charge in [0, 0.05) is 16.7 Å². The maximum absolute atomic E-state index is 14.0. The fourth-order valence-corrected chi connectivity index (χ4v) is 4.65. The zero-order valence-corrected chi connectivity index (χ0v) is 15.8. The molecule has 0 radical (unpaired) electrons. The molecule has 1 aromatic heterocycles. The molecule has 0 unspecified atom stereocenters. The molecule has 2 heterocycles. The van der Waals surface area contributed by atoms with Crippen molar-refractivity contribution in [1.29, 1.82) is 0 Å². The van der Waals surface area contributed by atoms with Crippen LogP contribution in [0.15, 0.2) is 34.7 Å². The van der Waals surface area contributed by atoms with Crippen molar-refractivity contribution in [3.05, 3.63) is 35.2 Å². The summed E-state index contributed by atoms with van der Waals surface area (Å²) in [6.45, 7) is 3.87. The molecule has 1 aromatic carbocycles. The van der Waals surface area contributed by atoms with E-state index >= 15 is 0 Å². The molecule has 0 bridgehead atoms. The highest BCUT2D eigenvalue weighted by atomic mass is 32.1. The molecule has 4 rings (SSSR count). The third-order valence-corrected chi connectivity index (χ3v) is 6.22. The van der Waals surface area contributed by atoms with Crippen LogP contribution in [-0.2, 0) is 0 Å². The van der Waals surface area contributed by atoms with Crippen LogP contribution in [0, 0.1) is 18.8 Å². The highest BCUT2D eigenvalue weighted by Gasteiger charge is 2.68. The Bertz CT molecular complexity index is 877. The molecule has 2 aromatic rings. The number of rotatable bonds is 2. The molecular weight excluding hydrogens is 375 g/mol. The van der Waals surface area contributed by atoms with Gasteiger partial charge in [-0.05, 0) is 32.1 Å². The van der Waals surface area contributed by atoms with Gasteiger partial charge in [-0.15, -0.1) is 11.3 Å². The van der Waals surface area contributed by atoms with Crippen molar-refractivity contribution in [3.8, 4) is 11.3 Å². The molecule has 1 saturated carbocycles. The molecule has 2 aliphatic rings. The summed E-state index contributed by atoms with van der Waals surface area (Å²) in [4.78, 5) is 4.36. The monoisotopic (exact) mass is 395 g/mol. The van der Waals surface area contributed by atoms with E-state index in [0.29, 0.717) is 22.8 Å². The number of aromatic nitrogens is 1. The predicted molar refractivity (Wildman–Crippen MR) is 99.7 cm³/mol. The summed E-state index contributed by atoms with van der Waals surface area (Å²) in [7, 11) is 0. The summed E-state index contributed by atoms with van der Waals surface area (Å²) >= 11 is 1.06. The van der Waals surface area contributed by atoms with Gasteiger partial charge in [-0.1, -0.05) is 36.8 Å². The number of aliphatic hydroxyl groups is 1.